The third-order valence-electron chi connectivity index (χ3n) is 4.28. The van der Waals surface area contributed by atoms with Gasteiger partial charge in [-0.05, 0) is 49.7 Å². The molecule has 0 aliphatic rings. The van der Waals surface area contributed by atoms with Crippen LogP contribution in [0.15, 0.2) is 47.5 Å². The van der Waals surface area contributed by atoms with Gasteiger partial charge in [0, 0.05) is 12.1 Å². The van der Waals surface area contributed by atoms with Gasteiger partial charge in [0.25, 0.3) is 5.91 Å². The maximum atomic E-state index is 12.6. The van der Waals surface area contributed by atoms with E-state index in [9.17, 15) is 4.79 Å². The molecule has 2 aromatic carbocycles. The summed E-state index contributed by atoms with van der Waals surface area (Å²) in [4.78, 5) is 17.6. The smallest absolute Gasteiger partial charge is 0.279 e. The Morgan fingerprint density at radius 1 is 1.15 bits per heavy atom. The number of unbranched alkanes of at least 4 members (excludes halogenated alkanes) is 2. The zero-order valence-corrected chi connectivity index (χ0v) is 17.1. The molecular formula is C21H23ClN2O2S. The van der Waals surface area contributed by atoms with Crippen LogP contribution < -0.4 is 9.54 Å². The van der Waals surface area contributed by atoms with Crippen LogP contribution in [-0.2, 0) is 6.54 Å². The fourth-order valence-electron chi connectivity index (χ4n) is 2.85. The molecule has 0 N–H and O–H groups in total. The molecule has 6 heteroatoms. The van der Waals surface area contributed by atoms with Gasteiger partial charge in [0.15, 0.2) is 4.80 Å². The summed E-state index contributed by atoms with van der Waals surface area (Å²) in [5.41, 5.74) is 1.47. The lowest BCUT2D eigenvalue weighted by Crippen LogP contribution is -2.16. The van der Waals surface area contributed by atoms with Crippen molar-refractivity contribution in [2.24, 2.45) is 4.99 Å². The zero-order valence-electron chi connectivity index (χ0n) is 15.6. The number of hydrogen-bond donors (Lipinski definition) is 0. The van der Waals surface area contributed by atoms with Gasteiger partial charge in [-0.15, -0.1) is 0 Å². The highest BCUT2D eigenvalue weighted by atomic mass is 35.5. The van der Waals surface area contributed by atoms with E-state index < -0.39 is 0 Å². The lowest BCUT2D eigenvalue weighted by atomic mass is 10.2. The molecule has 0 atom stereocenters. The van der Waals surface area contributed by atoms with Gasteiger partial charge >= 0.3 is 0 Å². The maximum Gasteiger partial charge on any atom is 0.279 e. The van der Waals surface area contributed by atoms with E-state index in [0.29, 0.717) is 28.5 Å². The summed E-state index contributed by atoms with van der Waals surface area (Å²) in [6, 6.07) is 12.9. The number of aryl methyl sites for hydroxylation is 1. The number of rotatable bonds is 7. The first-order valence-corrected chi connectivity index (χ1v) is 10.4. The molecule has 0 fully saturated rings. The van der Waals surface area contributed by atoms with Crippen molar-refractivity contribution in [1.82, 2.24) is 4.57 Å². The standard InChI is InChI=1S/C21H23ClN2O2S/c1-3-5-6-14-26-16-12-10-15(11-13-16)20(25)23-21-24(4-2)19-17(22)8-7-9-18(19)27-21/h7-13H,3-6,14H2,1-2H3. The first-order chi connectivity index (χ1) is 13.1. The second kappa shape index (κ2) is 9.20. The van der Waals surface area contributed by atoms with Crippen LogP contribution >= 0.6 is 22.9 Å². The van der Waals surface area contributed by atoms with E-state index in [1.54, 1.807) is 12.1 Å². The summed E-state index contributed by atoms with van der Waals surface area (Å²) in [5, 5.41) is 0.670. The van der Waals surface area contributed by atoms with Gasteiger partial charge in [0.2, 0.25) is 0 Å². The van der Waals surface area contributed by atoms with Gasteiger partial charge in [-0.2, -0.15) is 4.99 Å². The number of aromatic nitrogens is 1. The number of fused-ring (bicyclic) bond motifs is 1. The molecule has 0 aliphatic carbocycles. The minimum atomic E-state index is -0.266. The van der Waals surface area contributed by atoms with E-state index in [0.717, 1.165) is 28.8 Å². The number of carbonyl (C=O) groups excluding carboxylic acids is 1. The molecule has 1 heterocycles. The van der Waals surface area contributed by atoms with Crippen molar-refractivity contribution in [2.75, 3.05) is 6.61 Å². The van der Waals surface area contributed by atoms with Crippen molar-refractivity contribution < 1.29 is 9.53 Å². The predicted octanol–water partition coefficient (Wildman–Crippen LogP) is 5.69. The first-order valence-electron chi connectivity index (χ1n) is 9.23. The summed E-state index contributed by atoms with van der Waals surface area (Å²) in [5.74, 6) is 0.511. The van der Waals surface area contributed by atoms with Crippen molar-refractivity contribution in [3.05, 3.63) is 57.9 Å². The van der Waals surface area contributed by atoms with E-state index in [-0.39, 0.29) is 5.91 Å². The minimum absolute atomic E-state index is 0.266. The third kappa shape index (κ3) is 4.60. The monoisotopic (exact) mass is 402 g/mol. The molecule has 27 heavy (non-hydrogen) atoms. The Balaban J connectivity index is 1.82. The molecule has 4 nitrogen and oxygen atoms in total. The average molecular weight is 403 g/mol. The van der Waals surface area contributed by atoms with Crippen molar-refractivity contribution in [2.45, 2.75) is 39.7 Å². The highest BCUT2D eigenvalue weighted by Crippen LogP contribution is 2.25. The van der Waals surface area contributed by atoms with Crippen LogP contribution in [0.25, 0.3) is 10.2 Å². The van der Waals surface area contributed by atoms with Crippen LogP contribution in [-0.4, -0.2) is 17.1 Å². The van der Waals surface area contributed by atoms with E-state index in [4.69, 9.17) is 16.3 Å². The van der Waals surface area contributed by atoms with Crippen LogP contribution in [0.1, 0.15) is 43.5 Å². The topological polar surface area (TPSA) is 43.6 Å². The molecule has 0 spiro atoms. The molecule has 0 saturated carbocycles. The van der Waals surface area contributed by atoms with Gasteiger partial charge in [-0.3, -0.25) is 4.79 Å². The van der Waals surface area contributed by atoms with Crippen LogP contribution in [0.4, 0.5) is 0 Å². The summed E-state index contributed by atoms with van der Waals surface area (Å²) in [7, 11) is 0. The van der Waals surface area contributed by atoms with Crippen molar-refractivity contribution in [3.63, 3.8) is 0 Å². The summed E-state index contributed by atoms with van der Waals surface area (Å²) in [6.07, 6.45) is 3.36. The minimum Gasteiger partial charge on any atom is -0.494 e. The number of para-hydroxylation sites is 1. The number of thiazole rings is 1. The largest absolute Gasteiger partial charge is 0.494 e. The molecule has 0 bridgehead atoms. The molecule has 0 saturated heterocycles. The normalized spacial score (nSPS) is 11.9. The molecule has 0 aliphatic heterocycles. The number of benzene rings is 2. The third-order valence-corrected chi connectivity index (χ3v) is 5.63. The fraction of sp³-hybridized carbons (Fsp3) is 0.333. The molecule has 1 amide bonds. The number of carbonyl (C=O) groups is 1. The van der Waals surface area contributed by atoms with E-state index in [1.165, 1.54) is 17.8 Å². The molecular weight excluding hydrogens is 380 g/mol. The fourth-order valence-corrected chi connectivity index (χ4v) is 4.30. The van der Waals surface area contributed by atoms with Gasteiger partial charge in [-0.1, -0.05) is 48.8 Å². The number of ether oxygens (including phenoxy) is 1. The van der Waals surface area contributed by atoms with Gasteiger partial charge in [0.1, 0.15) is 5.75 Å². The van der Waals surface area contributed by atoms with Crippen molar-refractivity contribution in [1.29, 1.82) is 0 Å². The number of nitrogens with zero attached hydrogens (tertiary/aromatic N) is 2. The van der Waals surface area contributed by atoms with Crippen molar-refractivity contribution in [3.8, 4) is 5.75 Å². The zero-order chi connectivity index (χ0) is 19.2. The van der Waals surface area contributed by atoms with Crippen molar-refractivity contribution >= 4 is 39.1 Å². The number of halogens is 1. The molecule has 1 aromatic heterocycles. The van der Waals surface area contributed by atoms with Gasteiger partial charge in [0.05, 0.1) is 21.8 Å². The van der Waals surface area contributed by atoms with Gasteiger partial charge < -0.3 is 9.30 Å². The van der Waals surface area contributed by atoms with E-state index in [1.807, 2.05) is 41.8 Å². The summed E-state index contributed by atoms with van der Waals surface area (Å²) < 4.78 is 8.69. The quantitative estimate of drug-likeness (QED) is 0.476. The lowest BCUT2D eigenvalue weighted by Gasteiger charge is -2.05. The Kier molecular flexibility index (Phi) is 6.69. The SMILES string of the molecule is CCCCCOc1ccc(C(=O)N=c2sc3cccc(Cl)c3n2CC)cc1. The molecule has 142 valence electrons. The molecule has 3 aromatic rings. The maximum absolute atomic E-state index is 12.6. The highest BCUT2D eigenvalue weighted by Gasteiger charge is 2.10. The lowest BCUT2D eigenvalue weighted by molar-refractivity contribution is 0.0998. The number of hydrogen-bond acceptors (Lipinski definition) is 3. The van der Waals surface area contributed by atoms with E-state index >= 15 is 0 Å². The predicted molar refractivity (Wildman–Crippen MR) is 112 cm³/mol. The Morgan fingerprint density at radius 3 is 2.63 bits per heavy atom. The van der Waals surface area contributed by atoms with Gasteiger partial charge in [-0.25, -0.2) is 0 Å². The van der Waals surface area contributed by atoms with Crippen LogP contribution in [0.2, 0.25) is 5.02 Å². The van der Waals surface area contributed by atoms with E-state index in [2.05, 4.69) is 11.9 Å². The number of amides is 1. The second-order valence-corrected chi connectivity index (χ2v) is 7.63. The first kappa shape index (κ1) is 19.6. The summed E-state index contributed by atoms with van der Waals surface area (Å²) >= 11 is 7.80. The van der Waals surface area contributed by atoms with Crippen LogP contribution in [0.3, 0.4) is 0 Å². The highest BCUT2D eigenvalue weighted by molar-refractivity contribution is 7.16. The van der Waals surface area contributed by atoms with Crippen LogP contribution in [0.5, 0.6) is 5.75 Å². The Labute approximate surface area is 168 Å². The average Bonchev–Trinajstić information content (AvgIpc) is 3.04. The Hall–Kier alpha value is -2.11. The second-order valence-electron chi connectivity index (χ2n) is 6.21. The molecule has 3 rings (SSSR count). The van der Waals surface area contributed by atoms with Crippen LogP contribution in [0, 0.1) is 0 Å². The summed E-state index contributed by atoms with van der Waals surface area (Å²) in [6.45, 7) is 5.57. The Bertz CT molecular complexity index is 990. The molecule has 0 radical (unpaired) electrons. The Morgan fingerprint density at radius 2 is 1.93 bits per heavy atom. The molecule has 0 unspecified atom stereocenters.